The lowest BCUT2D eigenvalue weighted by Crippen LogP contribution is -2.42. The number of Topliss-reactive ketones (excluding diaryl/α,β-unsaturated/α-hetero) is 1. The predicted molar refractivity (Wildman–Crippen MR) is 120 cm³/mol. The van der Waals surface area contributed by atoms with Gasteiger partial charge in [0.05, 0.1) is 6.10 Å². The SMILES string of the molecule is CCCCCCCCCCCC[Si](C)(C)CCOC(O)C(=O)C(O)C(O)CCO. The minimum atomic E-state index is -1.74. The number of carbonyl (C=O) groups excluding carboxylic acids is 1. The minimum absolute atomic E-state index is 0.127. The van der Waals surface area contributed by atoms with Gasteiger partial charge in [0, 0.05) is 21.3 Å². The number of aliphatic hydroxyl groups excluding tert-OH is 4. The molecule has 0 heterocycles. The normalized spacial score (nSPS) is 15.3. The number of carbonyl (C=O) groups is 1. The van der Waals surface area contributed by atoms with Crippen LogP contribution in [0.15, 0.2) is 0 Å². The van der Waals surface area contributed by atoms with Crippen LogP contribution >= 0.6 is 0 Å². The molecule has 0 aromatic heterocycles. The first-order valence-corrected chi connectivity index (χ1v) is 15.0. The molecule has 0 spiro atoms. The molecule has 7 heteroatoms. The summed E-state index contributed by atoms with van der Waals surface area (Å²) in [7, 11) is -1.45. The van der Waals surface area contributed by atoms with Gasteiger partial charge in [-0.1, -0.05) is 90.3 Å². The molecule has 0 rings (SSSR count). The monoisotopic (exact) mass is 434 g/mol. The Morgan fingerprint density at radius 1 is 0.862 bits per heavy atom. The van der Waals surface area contributed by atoms with Crippen LogP contribution in [0.4, 0.5) is 0 Å². The van der Waals surface area contributed by atoms with E-state index in [2.05, 4.69) is 20.0 Å². The molecule has 174 valence electrons. The zero-order valence-corrected chi connectivity index (χ0v) is 19.9. The van der Waals surface area contributed by atoms with Crippen molar-refractivity contribution in [3.8, 4) is 0 Å². The second-order valence-electron chi connectivity index (χ2n) is 9.00. The Labute approximate surface area is 178 Å². The van der Waals surface area contributed by atoms with Crippen molar-refractivity contribution in [2.24, 2.45) is 0 Å². The van der Waals surface area contributed by atoms with Crippen molar-refractivity contribution in [1.29, 1.82) is 0 Å². The molecule has 0 aliphatic rings. The van der Waals surface area contributed by atoms with E-state index in [9.17, 15) is 20.1 Å². The Bertz CT molecular complexity index is 405. The Hall–Kier alpha value is -0.313. The largest absolute Gasteiger partial charge is 0.396 e. The fourth-order valence-corrected chi connectivity index (χ4v) is 5.50. The molecule has 0 bridgehead atoms. The summed E-state index contributed by atoms with van der Waals surface area (Å²) in [5.74, 6) is -0.958. The highest BCUT2D eigenvalue weighted by Crippen LogP contribution is 2.21. The van der Waals surface area contributed by atoms with E-state index in [1.165, 1.54) is 70.3 Å². The van der Waals surface area contributed by atoms with E-state index >= 15 is 0 Å². The maximum Gasteiger partial charge on any atom is 0.219 e. The maximum atomic E-state index is 11.8. The Balaban J connectivity index is 3.83. The topological polar surface area (TPSA) is 107 Å². The molecule has 3 atom stereocenters. The van der Waals surface area contributed by atoms with E-state index in [-0.39, 0.29) is 19.6 Å². The lowest BCUT2D eigenvalue weighted by molar-refractivity contribution is -0.168. The highest BCUT2D eigenvalue weighted by molar-refractivity contribution is 6.77. The van der Waals surface area contributed by atoms with Gasteiger partial charge in [0.15, 0.2) is 0 Å². The number of aliphatic hydroxyl groups is 4. The van der Waals surface area contributed by atoms with E-state index in [0.717, 1.165) is 6.04 Å². The molecular formula is C22H46O6Si. The van der Waals surface area contributed by atoms with Gasteiger partial charge >= 0.3 is 0 Å². The van der Waals surface area contributed by atoms with Gasteiger partial charge in [-0.2, -0.15) is 0 Å². The quantitative estimate of drug-likeness (QED) is 0.132. The number of ketones is 1. The summed E-state index contributed by atoms with van der Waals surface area (Å²) >= 11 is 0. The summed E-state index contributed by atoms with van der Waals surface area (Å²) < 4.78 is 5.20. The van der Waals surface area contributed by atoms with Crippen LogP contribution in [0.3, 0.4) is 0 Å². The number of hydrogen-bond acceptors (Lipinski definition) is 6. The van der Waals surface area contributed by atoms with Gasteiger partial charge in [0.1, 0.15) is 6.10 Å². The summed E-state index contributed by atoms with van der Waals surface area (Å²) in [6, 6.07) is 2.04. The third-order valence-corrected chi connectivity index (χ3v) is 8.85. The molecule has 6 nitrogen and oxygen atoms in total. The van der Waals surface area contributed by atoms with E-state index in [1.807, 2.05) is 0 Å². The van der Waals surface area contributed by atoms with E-state index in [1.54, 1.807) is 0 Å². The molecule has 0 aliphatic heterocycles. The summed E-state index contributed by atoms with van der Waals surface area (Å²) in [5, 5.41) is 37.7. The van der Waals surface area contributed by atoms with Crippen LogP contribution in [0.5, 0.6) is 0 Å². The molecular weight excluding hydrogens is 388 g/mol. The van der Waals surface area contributed by atoms with Crippen LogP contribution in [-0.2, 0) is 9.53 Å². The van der Waals surface area contributed by atoms with Crippen LogP contribution in [0.25, 0.3) is 0 Å². The molecule has 0 saturated carbocycles. The van der Waals surface area contributed by atoms with Gasteiger partial charge in [-0.05, 0) is 12.5 Å². The van der Waals surface area contributed by atoms with Crippen molar-refractivity contribution in [3.63, 3.8) is 0 Å². The molecule has 0 amide bonds. The lowest BCUT2D eigenvalue weighted by atomic mass is 10.1. The van der Waals surface area contributed by atoms with Crippen molar-refractivity contribution < 1.29 is 30.0 Å². The van der Waals surface area contributed by atoms with E-state index < -0.39 is 32.4 Å². The number of rotatable bonds is 20. The van der Waals surface area contributed by atoms with Gasteiger partial charge in [0.25, 0.3) is 0 Å². The molecule has 4 N–H and O–H groups in total. The van der Waals surface area contributed by atoms with Crippen LogP contribution in [-0.4, -0.2) is 66.0 Å². The average molecular weight is 435 g/mol. The zero-order valence-electron chi connectivity index (χ0n) is 18.9. The molecule has 0 aromatic carbocycles. The molecule has 0 radical (unpaired) electrons. The van der Waals surface area contributed by atoms with Gasteiger partial charge in [-0.15, -0.1) is 0 Å². The summed E-state index contributed by atoms with van der Waals surface area (Å²) in [5.41, 5.74) is 0. The first-order valence-electron chi connectivity index (χ1n) is 11.6. The first kappa shape index (κ1) is 28.7. The fourth-order valence-electron chi connectivity index (χ4n) is 3.37. The van der Waals surface area contributed by atoms with E-state index in [4.69, 9.17) is 9.84 Å². The van der Waals surface area contributed by atoms with Gasteiger partial charge in [-0.3, -0.25) is 4.79 Å². The third kappa shape index (κ3) is 15.2. The fraction of sp³-hybridized carbons (Fsp3) is 0.955. The van der Waals surface area contributed by atoms with Crippen LogP contribution in [0.1, 0.15) is 77.6 Å². The first-order chi connectivity index (χ1) is 13.7. The van der Waals surface area contributed by atoms with Crippen molar-refractivity contribution in [2.75, 3.05) is 13.2 Å². The molecule has 3 unspecified atom stereocenters. The highest BCUT2D eigenvalue weighted by atomic mass is 28.3. The van der Waals surface area contributed by atoms with Crippen molar-refractivity contribution >= 4 is 13.9 Å². The maximum absolute atomic E-state index is 11.8. The number of hydrogen-bond donors (Lipinski definition) is 4. The lowest BCUT2D eigenvalue weighted by Gasteiger charge is -2.24. The van der Waals surface area contributed by atoms with E-state index in [0.29, 0.717) is 0 Å². The second kappa shape index (κ2) is 17.4. The minimum Gasteiger partial charge on any atom is -0.396 e. The Morgan fingerprint density at radius 3 is 1.90 bits per heavy atom. The molecule has 0 aliphatic carbocycles. The molecule has 29 heavy (non-hydrogen) atoms. The van der Waals surface area contributed by atoms with Crippen LogP contribution in [0, 0.1) is 0 Å². The number of ether oxygens (including phenoxy) is 1. The molecule has 0 saturated heterocycles. The van der Waals surface area contributed by atoms with Gasteiger partial charge in [0.2, 0.25) is 12.1 Å². The highest BCUT2D eigenvalue weighted by Gasteiger charge is 2.30. The third-order valence-electron chi connectivity index (χ3n) is 5.59. The van der Waals surface area contributed by atoms with Gasteiger partial charge < -0.3 is 25.2 Å². The number of unbranched alkanes of at least 4 members (excludes halogenated alkanes) is 9. The van der Waals surface area contributed by atoms with Crippen molar-refractivity contribution in [3.05, 3.63) is 0 Å². The van der Waals surface area contributed by atoms with Crippen LogP contribution < -0.4 is 0 Å². The zero-order chi connectivity index (χ0) is 22.1. The average Bonchev–Trinajstić information content (AvgIpc) is 2.68. The van der Waals surface area contributed by atoms with Crippen molar-refractivity contribution in [1.82, 2.24) is 0 Å². The second-order valence-corrected chi connectivity index (χ2v) is 14.3. The predicted octanol–water partition coefficient (Wildman–Crippen LogP) is 3.62. The standard InChI is InChI=1S/C22H46O6Si/c1-4-5-6-7-8-9-10-11-12-13-17-29(2,3)18-16-28-22(27)21(26)20(25)19(24)14-15-23/h19-20,22-25,27H,4-18H2,1-3H3. The smallest absolute Gasteiger partial charge is 0.219 e. The van der Waals surface area contributed by atoms with Gasteiger partial charge in [-0.25, -0.2) is 0 Å². The molecule has 0 aromatic rings. The summed E-state index contributed by atoms with van der Waals surface area (Å²) in [4.78, 5) is 11.8. The summed E-state index contributed by atoms with van der Waals surface area (Å²) in [6.07, 6.45) is 8.25. The summed E-state index contributed by atoms with van der Waals surface area (Å²) in [6.45, 7) is 6.75. The van der Waals surface area contributed by atoms with Crippen LogP contribution in [0.2, 0.25) is 25.2 Å². The Kier molecular flexibility index (Phi) is 17.2. The Morgan fingerprint density at radius 2 is 1.38 bits per heavy atom. The van der Waals surface area contributed by atoms with Crippen molar-refractivity contribution in [2.45, 2.75) is 121 Å². The molecule has 0 fully saturated rings.